The van der Waals surface area contributed by atoms with Crippen molar-refractivity contribution < 1.29 is 35.5 Å². The molecule has 0 saturated heterocycles. The predicted octanol–water partition coefficient (Wildman–Crippen LogP) is 2.29. The fraction of sp³-hybridized carbons (Fsp3) is 0.533. The summed E-state index contributed by atoms with van der Waals surface area (Å²) >= 11 is 0. The SMILES string of the molecule is CN(C)S(=O)(=O)c1c(OCC2(C(F)(F)F)CCC2)ccc(C(N)=O)c1F. The first-order chi connectivity index (χ1) is 11.8. The Morgan fingerprint density at radius 3 is 2.27 bits per heavy atom. The summed E-state index contributed by atoms with van der Waals surface area (Å²) in [6.07, 6.45) is -4.49. The molecule has 11 heteroatoms. The number of ether oxygens (including phenoxy) is 1. The Kier molecular flexibility index (Phi) is 5.26. The first-order valence-electron chi connectivity index (χ1n) is 7.58. The summed E-state index contributed by atoms with van der Waals surface area (Å²) < 4.78 is 84.8. The number of primary amides is 1. The van der Waals surface area contributed by atoms with Crippen molar-refractivity contribution in [2.24, 2.45) is 11.1 Å². The Labute approximate surface area is 148 Å². The molecule has 1 aromatic carbocycles. The van der Waals surface area contributed by atoms with E-state index >= 15 is 0 Å². The highest BCUT2D eigenvalue weighted by Crippen LogP contribution is 2.53. The van der Waals surface area contributed by atoms with Crippen LogP contribution in [-0.2, 0) is 10.0 Å². The van der Waals surface area contributed by atoms with Gasteiger partial charge in [-0.1, -0.05) is 6.42 Å². The van der Waals surface area contributed by atoms with Gasteiger partial charge in [-0.25, -0.2) is 17.1 Å². The Balaban J connectivity index is 2.49. The Morgan fingerprint density at radius 1 is 1.31 bits per heavy atom. The summed E-state index contributed by atoms with van der Waals surface area (Å²) in [4.78, 5) is 10.3. The van der Waals surface area contributed by atoms with Crippen LogP contribution in [-0.4, -0.2) is 45.5 Å². The van der Waals surface area contributed by atoms with E-state index in [0.717, 1.165) is 26.2 Å². The van der Waals surface area contributed by atoms with Gasteiger partial charge in [0.1, 0.15) is 12.4 Å². The second kappa shape index (κ2) is 6.69. The van der Waals surface area contributed by atoms with Gasteiger partial charge in [-0.05, 0) is 25.0 Å². The lowest BCUT2D eigenvalue weighted by atomic mass is 9.69. The molecule has 146 valence electrons. The van der Waals surface area contributed by atoms with Gasteiger partial charge < -0.3 is 10.5 Å². The Bertz CT molecular complexity index is 818. The normalized spacial score (nSPS) is 17.0. The van der Waals surface area contributed by atoms with Crippen LogP contribution in [0.5, 0.6) is 5.75 Å². The van der Waals surface area contributed by atoms with Crippen molar-refractivity contribution >= 4 is 15.9 Å². The van der Waals surface area contributed by atoms with Gasteiger partial charge >= 0.3 is 6.18 Å². The summed E-state index contributed by atoms with van der Waals surface area (Å²) in [7, 11) is -2.22. The molecule has 1 fully saturated rings. The van der Waals surface area contributed by atoms with E-state index in [4.69, 9.17) is 10.5 Å². The van der Waals surface area contributed by atoms with Crippen LogP contribution in [0, 0.1) is 11.2 Å². The van der Waals surface area contributed by atoms with Crippen LogP contribution in [0.1, 0.15) is 29.6 Å². The molecule has 0 atom stereocenters. The topological polar surface area (TPSA) is 89.7 Å². The van der Waals surface area contributed by atoms with Crippen molar-refractivity contribution in [1.29, 1.82) is 0 Å². The molecule has 0 aliphatic heterocycles. The number of nitrogens with two attached hydrogens (primary N) is 1. The minimum atomic E-state index is -4.53. The molecule has 26 heavy (non-hydrogen) atoms. The number of carbonyl (C=O) groups is 1. The Hall–Kier alpha value is -1.88. The molecule has 1 amide bonds. The zero-order chi connectivity index (χ0) is 19.9. The molecule has 1 aromatic rings. The summed E-state index contributed by atoms with van der Waals surface area (Å²) in [5.74, 6) is -3.27. The van der Waals surface area contributed by atoms with Crippen LogP contribution >= 0.6 is 0 Å². The summed E-state index contributed by atoms with van der Waals surface area (Å²) in [5, 5.41) is 0. The van der Waals surface area contributed by atoms with E-state index in [1.165, 1.54) is 0 Å². The largest absolute Gasteiger partial charge is 0.491 e. The maximum atomic E-state index is 14.6. The summed E-state index contributed by atoms with van der Waals surface area (Å²) in [5.41, 5.74) is 2.21. The third-order valence-corrected chi connectivity index (χ3v) is 6.34. The molecule has 1 aliphatic carbocycles. The van der Waals surface area contributed by atoms with E-state index in [9.17, 15) is 30.8 Å². The third-order valence-electron chi connectivity index (χ3n) is 4.48. The number of rotatable bonds is 6. The van der Waals surface area contributed by atoms with Crippen LogP contribution < -0.4 is 10.5 Å². The molecule has 0 unspecified atom stereocenters. The molecule has 2 rings (SSSR count). The van der Waals surface area contributed by atoms with Gasteiger partial charge in [-0.2, -0.15) is 13.2 Å². The van der Waals surface area contributed by atoms with Crippen LogP contribution in [0.4, 0.5) is 17.6 Å². The summed E-state index contributed by atoms with van der Waals surface area (Å²) in [6, 6.07) is 1.81. The highest BCUT2D eigenvalue weighted by molar-refractivity contribution is 7.89. The monoisotopic (exact) mass is 398 g/mol. The van der Waals surface area contributed by atoms with E-state index in [2.05, 4.69) is 0 Å². The minimum Gasteiger partial charge on any atom is -0.491 e. The third kappa shape index (κ3) is 3.37. The van der Waals surface area contributed by atoms with Gasteiger partial charge in [-0.3, -0.25) is 4.79 Å². The average molecular weight is 398 g/mol. The molecule has 0 spiro atoms. The number of alkyl halides is 3. The van der Waals surface area contributed by atoms with E-state index in [1.54, 1.807) is 0 Å². The Morgan fingerprint density at radius 2 is 1.88 bits per heavy atom. The predicted molar refractivity (Wildman–Crippen MR) is 83.6 cm³/mol. The second-order valence-corrected chi connectivity index (χ2v) is 8.42. The van der Waals surface area contributed by atoms with Gasteiger partial charge in [0, 0.05) is 14.1 Å². The van der Waals surface area contributed by atoms with Crippen molar-refractivity contribution in [3.63, 3.8) is 0 Å². The molecule has 2 N–H and O–H groups in total. The van der Waals surface area contributed by atoms with Crippen molar-refractivity contribution in [2.45, 2.75) is 30.3 Å². The highest BCUT2D eigenvalue weighted by atomic mass is 32.2. The zero-order valence-corrected chi connectivity index (χ0v) is 14.9. The lowest BCUT2D eigenvalue weighted by Crippen LogP contribution is -2.48. The smallest absolute Gasteiger partial charge is 0.397 e. The first kappa shape index (κ1) is 20.4. The van der Waals surface area contributed by atoms with Crippen LogP contribution in [0.2, 0.25) is 0 Å². The zero-order valence-electron chi connectivity index (χ0n) is 14.1. The molecule has 1 aliphatic rings. The molecular formula is C15H18F4N2O4S. The fourth-order valence-electron chi connectivity index (χ4n) is 2.59. The van der Waals surface area contributed by atoms with Crippen molar-refractivity contribution in [3.05, 3.63) is 23.5 Å². The van der Waals surface area contributed by atoms with E-state index in [-0.39, 0.29) is 12.8 Å². The average Bonchev–Trinajstić information content (AvgIpc) is 2.43. The van der Waals surface area contributed by atoms with Gasteiger partial charge in [0.2, 0.25) is 10.0 Å². The van der Waals surface area contributed by atoms with E-state index < -0.39 is 56.2 Å². The molecule has 0 radical (unpaired) electrons. The van der Waals surface area contributed by atoms with Gasteiger partial charge in [0.05, 0.1) is 11.0 Å². The summed E-state index contributed by atoms with van der Waals surface area (Å²) in [6.45, 7) is -0.845. The van der Waals surface area contributed by atoms with Gasteiger partial charge in [0.25, 0.3) is 5.91 Å². The lowest BCUT2D eigenvalue weighted by molar-refractivity contribution is -0.259. The minimum absolute atomic E-state index is 0.159. The lowest BCUT2D eigenvalue weighted by Gasteiger charge is -2.42. The number of carbonyl (C=O) groups excluding carboxylic acids is 1. The van der Waals surface area contributed by atoms with Crippen molar-refractivity contribution in [3.8, 4) is 5.75 Å². The van der Waals surface area contributed by atoms with Crippen molar-refractivity contribution in [2.75, 3.05) is 20.7 Å². The van der Waals surface area contributed by atoms with Crippen molar-refractivity contribution in [1.82, 2.24) is 4.31 Å². The number of hydrogen-bond donors (Lipinski definition) is 1. The van der Waals surface area contributed by atoms with E-state index in [1.807, 2.05) is 0 Å². The van der Waals surface area contributed by atoms with Gasteiger partial charge in [-0.15, -0.1) is 0 Å². The maximum absolute atomic E-state index is 14.6. The number of hydrogen-bond acceptors (Lipinski definition) is 4. The molecule has 1 saturated carbocycles. The molecule has 0 bridgehead atoms. The second-order valence-electron chi connectivity index (χ2n) is 6.33. The number of sulfonamides is 1. The molecular weight excluding hydrogens is 380 g/mol. The maximum Gasteiger partial charge on any atom is 0.397 e. The van der Waals surface area contributed by atoms with Crippen LogP contribution in [0.15, 0.2) is 17.0 Å². The number of amides is 1. The quantitative estimate of drug-likeness (QED) is 0.745. The fourth-order valence-corrected chi connectivity index (χ4v) is 3.68. The highest BCUT2D eigenvalue weighted by Gasteiger charge is 2.59. The standard InChI is InChI=1S/C15H18F4N2O4S/c1-21(2)26(23,24)12-10(5-4-9(11(12)16)13(20)22)25-8-14(6-3-7-14)15(17,18)19/h4-5H,3,6-8H2,1-2H3,(H2,20,22). The van der Waals surface area contributed by atoms with Crippen LogP contribution in [0.25, 0.3) is 0 Å². The van der Waals surface area contributed by atoms with E-state index in [0.29, 0.717) is 10.7 Å². The number of nitrogens with zero attached hydrogens (tertiary/aromatic N) is 1. The molecule has 0 aromatic heterocycles. The number of halogens is 4. The van der Waals surface area contributed by atoms with Crippen LogP contribution in [0.3, 0.4) is 0 Å². The molecule has 6 nitrogen and oxygen atoms in total. The number of benzene rings is 1. The van der Waals surface area contributed by atoms with Gasteiger partial charge in [0.15, 0.2) is 10.7 Å². The first-order valence-corrected chi connectivity index (χ1v) is 9.02. The molecule has 0 heterocycles.